The fourth-order valence-corrected chi connectivity index (χ4v) is 3.51. The third kappa shape index (κ3) is 8.25. The Balaban J connectivity index is 2.26. The van der Waals surface area contributed by atoms with Crippen molar-refractivity contribution in [1.29, 1.82) is 0 Å². The van der Waals surface area contributed by atoms with Gasteiger partial charge in [-0.25, -0.2) is 0 Å². The molecular formula is C16H33N3O2S. The topological polar surface area (TPSA) is 46.1 Å². The van der Waals surface area contributed by atoms with Crippen LogP contribution >= 0.6 is 11.8 Å². The molecule has 6 heteroatoms. The molecule has 1 fully saturated rings. The Morgan fingerprint density at radius 3 is 2.86 bits per heavy atom. The molecule has 0 aromatic heterocycles. The van der Waals surface area contributed by atoms with Gasteiger partial charge in [0.05, 0.1) is 13.2 Å². The highest BCUT2D eigenvalue weighted by Crippen LogP contribution is 2.21. The van der Waals surface area contributed by atoms with Crippen LogP contribution in [0.5, 0.6) is 0 Å². The predicted molar refractivity (Wildman–Crippen MR) is 96.0 cm³/mol. The van der Waals surface area contributed by atoms with E-state index in [1.165, 1.54) is 12.2 Å². The average Bonchev–Trinajstić information content (AvgIpc) is 2.56. The number of unbranched alkanes of at least 4 members (excludes halogenated alkanes) is 1. The van der Waals surface area contributed by atoms with Crippen molar-refractivity contribution in [2.45, 2.75) is 38.4 Å². The van der Waals surface area contributed by atoms with Crippen molar-refractivity contribution in [3.05, 3.63) is 0 Å². The summed E-state index contributed by atoms with van der Waals surface area (Å²) in [5.74, 6) is 2.29. The molecule has 0 radical (unpaired) electrons. The van der Waals surface area contributed by atoms with Gasteiger partial charge >= 0.3 is 0 Å². The molecule has 22 heavy (non-hydrogen) atoms. The Morgan fingerprint density at radius 2 is 2.14 bits per heavy atom. The molecule has 0 aromatic rings. The highest BCUT2D eigenvalue weighted by molar-refractivity contribution is 8.00. The van der Waals surface area contributed by atoms with Gasteiger partial charge in [-0.3, -0.25) is 4.99 Å². The molecule has 5 nitrogen and oxygen atoms in total. The Morgan fingerprint density at radius 1 is 1.27 bits per heavy atom. The molecule has 1 atom stereocenters. The fraction of sp³-hybridized carbons (Fsp3) is 0.938. The van der Waals surface area contributed by atoms with E-state index in [2.05, 4.69) is 35.8 Å². The van der Waals surface area contributed by atoms with Gasteiger partial charge in [0.2, 0.25) is 0 Å². The number of hydrogen-bond acceptors (Lipinski definition) is 4. The third-order valence-electron chi connectivity index (χ3n) is 3.62. The van der Waals surface area contributed by atoms with Gasteiger partial charge in [0.1, 0.15) is 0 Å². The summed E-state index contributed by atoms with van der Waals surface area (Å²) in [5, 5.41) is 4.18. The third-order valence-corrected chi connectivity index (χ3v) is 4.99. The normalized spacial score (nSPS) is 19.5. The fourth-order valence-electron chi connectivity index (χ4n) is 2.33. The van der Waals surface area contributed by atoms with Crippen molar-refractivity contribution in [1.82, 2.24) is 10.2 Å². The van der Waals surface area contributed by atoms with E-state index >= 15 is 0 Å². The highest BCUT2D eigenvalue weighted by atomic mass is 32.2. The van der Waals surface area contributed by atoms with Crippen LogP contribution in [-0.2, 0) is 9.47 Å². The highest BCUT2D eigenvalue weighted by Gasteiger charge is 2.21. The van der Waals surface area contributed by atoms with Crippen molar-refractivity contribution in [3.63, 3.8) is 0 Å². The van der Waals surface area contributed by atoms with Crippen LogP contribution in [-0.4, -0.2) is 75.0 Å². The van der Waals surface area contributed by atoms with E-state index in [0.717, 1.165) is 56.8 Å². The lowest BCUT2D eigenvalue weighted by Gasteiger charge is -2.34. The minimum Gasteiger partial charge on any atom is -0.382 e. The summed E-state index contributed by atoms with van der Waals surface area (Å²) in [5.41, 5.74) is 0. The van der Waals surface area contributed by atoms with Gasteiger partial charge in [-0.1, -0.05) is 6.92 Å². The number of guanidine groups is 1. The van der Waals surface area contributed by atoms with Crippen LogP contribution in [0.15, 0.2) is 4.99 Å². The average molecular weight is 332 g/mol. The number of nitrogens with zero attached hydrogens (tertiary/aromatic N) is 2. The van der Waals surface area contributed by atoms with Gasteiger partial charge < -0.3 is 19.7 Å². The smallest absolute Gasteiger partial charge is 0.193 e. The number of ether oxygens (including phenoxy) is 2. The predicted octanol–water partition coefficient (Wildman–Crippen LogP) is 2.22. The molecule has 0 saturated carbocycles. The lowest BCUT2D eigenvalue weighted by molar-refractivity contribution is 0.0690. The Bertz CT molecular complexity index is 303. The molecule has 1 aliphatic rings. The minimum absolute atomic E-state index is 0.675. The zero-order valence-electron chi connectivity index (χ0n) is 14.5. The maximum absolute atomic E-state index is 5.47. The van der Waals surface area contributed by atoms with Crippen LogP contribution in [0.3, 0.4) is 0 Å². The first kappa shape index (κ1) is 19.6. The molecule has 1 rings (SSSR count). The molecule has 0 aliphatic carbocycles. The van der Waals surface area contributed by atoms with Crippen LogP contribution < -0.4 is 5.32 Å². The zero-order chi connectivity index (χ0) is 16.0. The first-order chi connectivity index (χ1) is 10.8. The molecule has 0 aromatic carbocycles. The lowest BCUT2D eigenvalue weighted by atomic mass is 10.3. The van der Waals surface area contributed by atoms with Crippen LogP contribution in [0.1, 0.15) is 33.1 Å². The quantitative estimate of drug-likeness (QED) is 0.378. The van der Waals surface area contributed by atoms with E-state index in [9.17, 15) is 0 Å². The second-order valence-corrected chi connectivity index (χ2v) is 6.80. The SMILES string of the molecule is CCNC(=NCCCCOCCOC)N1CCSC(CC)C1. The van der Waals surface area contributed by atoms with E-state index in [4.69, 9.17) is 14.5 Å². The van der Waals surface area contributed by atoms with Crippen molar-refractivity contribution in [2.24, 2.45) is 4.99 Å². The number of rotatable bonds is 10. The maximum Gasteiger partial charge on any atom is 0.193 e. The number of nitrogens with one attached hydrogen (secondary N) is 1. The van der Waals surface area contributed by atoms with Gasteiger partial charge in [-0.15, -0.1) is 0 Å². The summed E-state index contributed by atoms with van der Waals surface area (Å²) >= 11 is 2.09. The van der Waals surface area contributed by atoms with E-state index in [0.29, 0.717) is 13.2 Å². The van der Waals surface area contributed by atoms with E-state index in [1.807, 2.05) is 0 Å². The molecule has 1 heterocycles. The summed E-state index contributed by atoms with van der Waals surface area (Å²) in [4.78, 5) is 7.20. The van der Waals surface area contributed by atoms with Crippen LogP contribution in [0.25, 0.3) is 0 Å². The zero-order valence-corrected chi connectivity index (χ0v) is 15.3. The van der Waals surface area contributed by atoms with Gasteiger partial charge in [0.15, 0.2) is 5.96 Å². The van der Waals surface area contributed by atoms with Crippen LogP contribution in [0.2, 0.25) is 0 Å². The first-order valence-corrected chi connectivity index (χ1v) is 9.58. The molecule has 1 unspecified atom stereocenters. The van der Waals surface area contributed by atoms with Gasteiger partial charge in [-0.05, 0) is 26.2 Å². The van der Waals surface area contributed by atoms with Crippen LogP contribution in [0.4, 0.5) is 0 Å². The van der Waals surface area contributed by atoms with Crippen molar-refractivity contribution >= 4 is 17.7 Å². The number of hydrogen-bond donors (Lipinski definition) is 1. The molecule has 1 saturated heterocycles. The largest absolute Gasteiger partial charge is 0.382 e. The number of thioether (sulfide) groups is 1. The summed E-state index contributed by atoms with van der Waals surface area (Å²) < 4.78 is 10.4. The summed E-state index contributed by atoms with van der Waals surface area (Å²) in [7, 11) is 1.70. The standard InChI is InChI=1S/C16H33N3O2S/c1-4-15-14-19(9-13-22-15)16(17-5-2)18-8-6-7-10-21-12-11-20-3/h15H,4-14H2,1-3H3,(H,17,18). The minimum atomic E-state index is 0.675. The van der Waals surface area contributed by atoms with E-state index in [1.54, 1.807) is 7.11 Å². The van der Waals surface area contributed by atoms with Crippen molar-refractivity contribution in [3.8, 4) is 0 Å². The summed E-state index contributed by atoms with van der Waals surface area (Å²) in [6, 6.07) is 0. The number of aliphatic imine (C=N–C) groups is 1. The monoisotopic (exact) mass is 331 g/mol. The van der Waals surface area contributed by atoms with Crippen molar-refractivity contribution in [2.75, 3.05) is 58.9 Å². The molecule has 0 spiro atoms. The van der Waals surface area contributed by atoms with E-state index < -0.39 is 0 Å². The Labute approximate surface area is 140 Å². The number of methoxy groups -OCH3 is 1. The van der Waals surface area contributed by atoms with Gasteiger partial charge in [0, 0.05) is 50.9 Å². The molecule has 0 bridgehead atoms. The second kappa shape index (κ2) is 13.0. The molecular weight excluding hydrogens is 298 g/mol. The van der Waals surface area contributed by atoms with E-state index in [-0.39, 0.29) is 0 Å². The molecule has 130 valence electrons. The molecule has 0 amide bonds. The summed E-state index contributed by atoms with van der Waals surface area (Å²) in [6.07, 6.45) is 3.36. The van der Waals surface area contributed by atoms with Crippen LogP contribution in [0, 0.1) is 0 Å². The maximum atomic E-state index is 5.47. The second-order valence-electron chi connectivity index (χ2n) is 5.39. The Hall–Kier alpha value is -0.460. The van der Waals surface area contributed by atoms with Gasteiger partial charge in [-0.2, -0.15) is 11.8 Å². The molecule has 1 N–H and O–H groups in total. The van der Waals surface area contributed by atoms with Gasteiger partial charge in [0.25, 0.3) is 0 Å². The Kier molecular flexibility index (Phi) is 11.6. The lowest BCUT2D eigenvalue weighted by Crippen LogP contribution is -2.48. The summed E-state index contributed by atoms with van der Waals surface area (Å²) in [6.45, 7) is 10.6. The molecule has 1 aliphatic heterocycles. The van der Waals surface area contributed by atoms with Crippen molar-refractivity contribution < 1.29 is 9.47 Å². The first-order valence-electron chi connectivity index (χ1n) is 8.53.